The van der Waals surface area contributed by atoms with Gasteiger partial charge in [0, 0.05) is 6.61 Å². The van der Waals surface area contributed by atoms with Crippen LogP contribution in [0.15, 0.2) is 11.6 Å². The van der Waals surface area contributed by atoms with Crippen LogP contribution in [0.3, 0.4) is 0 Å². The third kappa shape index (κ3) is 2.49. The van der Waals surface area contributed by atoms with Crippen LogP contribution in [-0.4, -0.2) is 19.5 Å². The molecule has 16 heavy (non-hydrogen) atoms. The van der Waals surface area contributed by atoms with Crippen LogP contribution in [0.4, 0.5) is 0 Å². The van der Waals surface area contributed by atoms with Gasteiger partial charge in [-0.15, -0.1) is 0 Å². The summed E-state index contributed by atoms with van der Waals surface area (Å²) in [5, 5.41) is 0. The molecule has 2 aliphatic carbocycles. The Hall–Kier alpha value is -0.340. The van der Waals surface area contributed by atoms with Crippen molar-refractivity contribution in [2.75, 3.05) is 13.2 Å². The topological polar surface area (TPSA) is 18.5 Å². The fraction of sp³-hybridized carbons (Fsp3) is 0.857. The summed E-state index contributed by atoms with van der Waals surface area (Å²) in [6.07, 6.45) is 6.34. The Morgan fingerprint density at radius 3 is 2.75 bits per heavy atom. The van der Waals surface area contributed by atoms with E-state index in [9.17, 15) is 0 Å². The monoisotopic (exact) mass is 224 g/mol. The van der Waals surface area contributed by atoms with E-state index in [4.69, 9.17) is 9.47 Å². The summed E-state index contributed by atoms with van der Waals surface area (Å²) >= 11 is 0. The fourth-order valence-corrected chi connectivity index (χ4v) is 3.33. The predicted octanol–water partition coefficient (Wildman–Crippen LogP) is 3.38. The SMILES string of the molecule is CC=C1C[C@@H]2C[C@H]1CC2COC(C)OCC. The first-order valence-electron chi connectivity index (χ1n) is 6.62. The standard InChI is InChI=1S/C14H24O2/c1-4-11-6-13-7-12(11)8-14(13)9-16-10(3)15-5-2/h4,10,12-14H,5-9H2,1-3H3/t10?,12-,13+,14?/m0/s1. The van der Waals surface area contributed by atoms with Crippen LogP contribution < -0.4 is 0 Å². The maximum absolute atomic E-state index is 5.75. The lowest BCUT2D eigenvalue weighted by Gasteiger charge is -2.24. The number of ether oxygens (including phenoxy) is 2. The summed E-state index contributed by atoms with van der Waals surface area (Å²) in [7, 11) is 0. The van der Waals surface area contributed by atoms with Crippen molar-refractivity contribution < 1.29 is 9.47 Å². The second-order valence-electron chi connectivity index (χ2n) is 5.11. The van der Waals surface area contributed by atoms with Crippen LogP contribution in [0.2, 0.25) is 0 Å². The molecule has 0 spiro atoms. The molecule has 92 valence electrons. The van der Waals surface area contributed by atoms with Crippen molar-refractivity contribution in [3.8, 4) is 0 Å². The molecule has 2 heteroatoms. The molecule has 0 N–H and O–H groups in total. The van der Waals surface area contributed by atoms with Gasteiger partial charge in [0.05, 0.1) is 6.61 Å². The Labute approximate surface area is 99.0 Å². The molecule has 0 aliphatic heterocycles. The Morgan fingerprint density at radius 2 is 2.19 bits per heavy atom. The molecule has 2 bridgehead atoms. The summed E-state index contributed by atoms with van der Waals surface area (Å²) in [5.41, 5.74) is 1.69. The lowest BCUT2D eigenvalue weighted by molar-refractivity contribution is -0.137. The number of rotatable bonds is 5. The quantitative estimate of drug-likeness (QED) is 0.526. The maximum atomic E-state index is 5.75. The number of allylic oxidation sites excluding steroid dienone is 2. The molecule has 4 atom stereocenters. The van der Waals surface area contributed by atoms with Gasteiger partial charge in [0.15, 0.2) is 6.29 Å². The van der Waals surface area contributed by atoms with Gasteiger partial charge in [-0.1, -0.05) is 11.6 Å². The van der Waals surface area contributed by atoms with Gasteiger partial charge in [-0.2, -0.15) is 0 Å². The van der Waals surface area contributed by atoms with E-state index in [0.29, 0.717) is 0 Å². The first kappa shape index (κ1) is 12.1. The second-order valence-corrected chi connectivity index (χ2v) is 5.11. The van der Waals surface area contributed by atoms with Crippen molar-refractivity contribution in [1.29, 1.82) is 0 Å². The normalized spacial score (nSPS) is 37.2. The van der Waals surface area contributed by atoms with Crippen LogP contribution in [0.1, 0.15) is 40.0 Å². The van der Waals surface area contributed by atoms with Crippen LogP contribution in [0.5, 0.6) is 0 Å². The van der Waals surface area contributed by atoms with Gasteiger partial charge in [0.25, 0.3) is 0 Å². The molecule has 2 fully saturated rings. The number of fused-ring (bicyclic) bond motifs is 2. The van der Waals surface area contributed by atoms with Crippen LogP contribution in [0.25, 0.3) is 0 Å². The zero-order valence-electron chi connectivity index (χ0n) is 10.7. The second kappa shape index (κ2) is 5.33. The molecule has 0 aromatic heterocycles. The molecule has 2 nitrogen and oxygen atoms in total. The van der Waals surface area contributed by atoms with E-state index in [1.807, 2.05) is 13.8 Å². The predicted molar refractivity (Wildman–Crippen MR) is 65.1 cm³/mol. The molecule has 2 unspecified atom stereocenters. The van der Waals surface area contributed by atoms with Gasteiger partial charge >= 0.3 is 0 Å². The van der Waals surface area contributed by atoms with E-state index in [-0.39, 0.29) is 6.29 Å². The highest BCUT2D eigenvalue weighted by Gasteiger charge is 2.42. The van der Waals surface area contributed by atoms with E-state index >= 15 is 0 Å². The van der Waals surface area contributed by atoms with E-state index < -0.39 is 0 Å². The van der Waals surface area contributed by atoms with Crippen molar-refractivity contribution in [3.63, 3.8) is 0 Å². The molecule has 2 rings (SSSR count). The van der Waals surface area contributed by atoms with Gasteiger partial charge in [-0.25, -0.2) is 0 Å². The average Bonchev–Trinajstić information content (AvgIpc) is 2.85. The molecule has 0 aromatic carbocycles. The summed E-state index contributed by atoms with van der Waals surface area (Å²) in [4.78, 5) is 0. The molecule has 2 saturated carbocycles. The molecule has 0 saturated heterocycles. The molecule has 2 aliphatic rings. The van der Waals surface area contributed by atoms with Crippen LogP contribution >= 0.6 is 0 Å². The van der Waals surface area contributed by atoms with E-state index in [1.165, 1.54) is 19.3 Å². The minimum Gasteiger partial charge on any atom is -0.353 e. The average molecular weight is 224 g/mol. The highest BCUT2D eigenvalue weighted by atomic mass is 16.7. The van der Waals surface area contributed by atoms with Crippen molar-refractivity contribution in [2.24, 2.45) is 17.8 Å². The minimum absolute atomic E-state index is 0.0367. The minimum atomic E-state index is -0.0367. The molecule has 0 amide bonds. The highest BCUT2D eigenvalue weighted by molar-refractivity contribution is 5.17. The zero-order valence-corrected chi connectivity index (χ0v) is 10.7. The van der Waals surface area contributed by atoms with E-state index in [1.54, 1.807) is 5.57 Å². The maximum Gasteiger partial charge on any atom is 0.154 e. The van der Waals surface area contributed by atoms with Crippen molar-refractivity contribution in [3.05, 3.63) is 11.6 Å². The third-order valence-electron chi connectivity index (χ3n) is 4.18. The van der Waals surface area contributed by atoms with Gasteiger partial charge in [-0.3, -0.25) is 0 Å². The van der Waals surface area contributed by atoms with Gasteiger partial charge in [0.1, 0.15) is 0 Å². The Kier molecular flexibility index (Phi) is 4.04. The van der Waals surface area contributed by atoms with E-state index in [0.717, 1.165) is 31.0 Å². The smallest absolute Gasteiger partial charge is 0.154 e. The molecule has 0 aromatic rings. The summed E-state index contributed by atoms with van der Waals surface area (Å²) < 4.78 is 11.1. The van der Waals surface area contributed by atoms with Crippen molar-refractivity contribution in [1.82, 2.24) is 0 Å². The van der Waals surface area contributed by atoms with Gasteiger partial charge in [-0.05, 0) is 57.8 Å². The lowest BCUT2D eigenvalue weighted by Crippen LogP contribution is -2.22. The van der Waals surface area contributed by atoms with Gasteiger partial charge < -0.3 is 9.47 Å². The summed E-state index contributed by atoms with van der Waals surface area (Å²) in [6, 6.07) is 0. The first-order chi connectivity index (χ1) is 7.74. The molecular formula is C14H24O2. The van der Waals surface area contributed by atoms with Crippen LogP contribution in [-0.2, 0) is 9.47 Å². The Balaban J connectivity index is 1.74. The van der Waals surface area contributed by atoms with E-state index in [2.05, 4.69) is 13.0 Å². The molecule has 0 heterocycles. The summed E-state index contributed by atoms with van der Waals surface area (Å²) in [6.45, 7) is 7.81. The molecule has 0 radical (unpaired) electrons. The molecular weight excluding hydrogens is 200 g/mol. The first-order valence-corrected chi connectivity index (χ1v) is 6.62. The lowest BCUT2D eigenvalue weighted by atomic mass is 9.86. The third-order valence-corrected chi connectivity index (χ3v) is 4.18. The van der Waals surface area contributed by atoms with Crippen LogP contribution in [0, 0.1) is 17.8 Å². The summed E-state index contributed by atoms with van der Waals surface area (Å²) in [5.74, 6) is 2.52. The van der Waals surface area contributed by atoms with Crippen molar-refractivity contribution >= 4 is 0 Å². The number of hydrogen-bond acceptors (Lipinski definition) is 2. The zero-order chi connectivity index (χ0) is 11.5. The largest absolute Gasteiger partial charge is 0.353 e. The number of hydrogen-bond donors (Lipinski definition) is 0. The fourth-order valence-electron chi connectivity index (χ4n) is 3.33. The van der Waals surface area contributed by atoms with Crippen molar-refractivity contribution in [2.45, 2.75) is 46.3 Å². The Bertz CT molecular complexity index is 259. The van der Waals surface area contributed by atoms with Gasteiger partial charge in [0.2, 0.25) is 0 Å². The highest BCUT2D eigenvalue weighted by Crippen LogP contribution is 2.51. The Morgan fingerprint density at radius 1 is 1.38 bits per heavy atom.